The zero-order chi connectivity index (χ0) is 19.8. The Hall–Kier alpha value is -2.03. The third kappa shape index (κ3) is 3.76. The van der Waals surface area contributed by atoms with Crippen LogP contribution in [-0.4, -0.2) is 26.0 Å². The van der Waals surface area contributed by atoms with Crippen LogP contribution in [0, 0.1) is 13.8 Å². The maximum atomic E-state index is 13.2. The number of carbonyl (C=O) groups is 1. The molecule has 3 aromatic rings. The normalized spacial score (nSPS) is 18.3. The Bertz CT molecular complexity index is 1040. The number of aromatic nitrogens is 3. The van der Waals surface area contributed by atoms with Gasteiger partial charge in [-0.2, -0.15) is 0 Å². The summed E-state index contributed by atoms with van der Waals surface area (Å²) in [6.07, 6.45) is 0. The van der Waals surface area contributed by atoms with Gasteiger partial charge in [-0.25, -0.2) is 4.68 Å². The Balaban J connectivity index is 1.65. The van der Waals surface area contributed by atoms with Crippen molar-refractivity contribution in [2.45, 2.75) is 30.3 Å². The second-order valence-electron chi connectivity index (χ2n) is 6.52. The van der Waals surface area contributed by atoms with Gasteiger partial charge in [0, 0.05) is 15.2 Å². The van der Waals surface area contributed by atoms with Crippen LogP contribution in [0.1, 0.15) is 23.0 Å². The molecule has 2 N–H and O–H groups in total. The SMILES string of the molecule is Cc1cc(NC(=O)[C@H]2Sc3nnc(C)n3N[C@@H]2c2ccc(Cl)cc2)ccc1Br. The van der Waals surface area contributed by atoms with Crippen molar-refractivity contribution in [2.24, 2.45) is 0 Å². The first-order chi connectivity index (χ1) is 13.4. The van der Waals surface area contributed by atoms with Crippen LogP contribution in [-0.2, 0) is 4.79 Å². The zero-order valence-electron chi connectivity index (χ0n) is 15.1. The summed E-state index contributed by atoms with van der Waals surface area (Å²) in [4.78, 5) is 13.2. The number of amides is 1. The number of carbonyl (C=O) groups excluding carboxylic acids is 1. The molecule has 0 radical (unpaired) electrons. The Morgan fingerprint density at radius 3 is 2.68 bits per heavy atom. The van der Waals surface area contributed by atoms with E-state index in [1.165, 1.54) is 11.8 Å². The molecule has 0 spiro atoms. The minimum Gasteiger partial charge on any atom is -0.325 e. The smallest absolute Gasteiger partial charge is 0.240 e. The summed E-state index contributed by atoms with van der Waals surface area (Å²) in [5, 5.41) is 12.2. The van der Waals surface area contributed by atoms with E-state index in [-0.39, 0.29) is 11.9 Å². The van der Waals surface area contributed by atoms with Crippen LogP contribution in [0.5, 0.6) is 0 Å². The van der Waals surface area contributed by atoms with Crippen LogP contribution in [0.3, 0.4) is 0 Å². The van der Waals surface area contributed by atoms with Crippen molar-refractivity contribution in [2.75, 3.05) is 10.7 Å². The lowest BCUT2D eigenvalue weighted by Crippen LogP contribution is -2.41. The average molecular weight is 479 g/mol. The summed E-state index contributed by atoms with van der Waals surface area (Å²) in [6.45, 7) is 3.85. The summed E-state index contributed by atoms with van der Waals surface area (Å²) in [7, 11) is 0. The minimum absolute atomic E-state index is 0.105. The summed E-state index contributed by atoms with van der Waals surface area (Å²) < 4.78 is 2.82. The molecule has 0 unspecified atom stereocenters. The molecule has 1 aliphatic heterocycles. The van der Waals surface area contributed by atoms with Gasteiger partial charge in [0.05, 0.1) is 6.04 Å². The van der Waals surface area contributed by atoms with Crippen molar-refractivity contribution in [3.8, 4) is 0 Å². The Labute approximate surface area is 180 Å². The Morgan fingerprint density at radius 1 is 1.21 bits per heavy atom. The topological polar surface area (TPSA) is 71.8 Å². The third-order valence-electron chi connectivity index (χ3n) is 4.51. The summed E-state index contributed by atoms with van der Waals surface area (Å²) in [6, 6.07) is 13.0. The van der Waals surface area contributed by atoms with Crippen molar-refractivity contribution in [3.63, 3.8) is 0 Å². The van der Waals surface area contributed by atoms with Gasteiger partial charge in [0.2, 0.25) is 11.1 Å². The number of fused-ring (bicyclic) bond motifs is 1. The first kappa shape index (κ1) is 19.3. The quantitative estimate of drug-likeness (QED) is 0.570. The van der Waals surface area contributed by atoms with Gasteiger partial charge in [0.15, 0.2) is 0 Å². The van der Waals surface area contributed by atoms with Gasteiger partial charge < -0.3 is 10.7 Å². The predicted octanol–water partition coefficient (Wildman–Crippen LogP) is 4.71. The molecule has 0 saturated carbocycles. The molecule has 4 rings (SSSR count). The van der Waals surface area contributed by atoms with E-state index in [0.717, 1.165) is 27.1 Å². The number of hydrogen-bond acceptors (Lipinski definition) is 5. The van der Waals surface area contributed by atoms with Gasteiger partial charge in [0.1, 0.15) is 11.1 Å². The van der Waals surface area contributed by atoms with Gasteiger partial charge in [-0.3, -0.25) is 4.79 Å². The molecular weight excluding hydrogens is 462 g/mol. The van der Waals surface area contributed by atoms with E-state index in [0.29, 0.717) is 10.2 Å². The van der Waals surface area contributed by atoms with Gasteiger partial charge in [0.25, 0.3) is 0 Å². The van der Waals surface area contributed by atoms with Crippen molar-refractivity contribution in [3.05, 3.63) is 68.9 Å². The van der Waals surface area contributed by atoms with Crippen LogP contribution >= 0.6 is 39.3 Å². The van der Waals surface area contributed by atoms with Crippen molar-refractivity contribution >= 4 is 50.9 Å². The van der Waals surface area contributed by atoms with Crippen LogP contribution in [0.4, 0.5) is 5.69 Å². The molecule has 0 saturated heterocycles. The number of rotatable bonds is 3. The van der Waals surface area contributed by atoms with Gasteiger partial charge in [-0.1, -0.05) is 51.4 Å². The number of thioether (sulfide) groups is 1. The molecule has 1 amide bonds. The lowest BCUT2D eigenvalue weighted by atomic mass is 10.0. The van der Waals surface area contributed by atoms with Crippen LogP contribution in [0.25, 0.3) is 0 Å². The number of hydrogen-bond donors (Lipinski definition) is 2. The summed E-state index contributed by atoms with van der Waals surface area (Å²) in [5.74, 6) is 0.634. The third-order valence-corrected chi connectivity index (χ3v) is 6.87. The molecule has 1 aliphatic rings. The highest BCUT2D eigenvalue weighted by Gasteiger charge is 2.37. The maximum absolute atomic E-state index is 13.2. The predicted molar refractivity (Wildman–Crippen MR) is 115 cm³/mol. The fourth-order valence-electron chi connectivity index (χ4n) is 3.02. The molecule has 1 aromatic heterocycles. The van der Waals surface area contributed by atoms with E-state index in [9.17, 15) is 4.79 Å². The minimum atomic E-state index is -0.429. The zero-order valence-corrected chi connectivity index (χ0v) is 18.3. The highest BCUT2D eigenvalue weighted by atomic mass is 79.9. The first-order valence-corrected chi connectivity index (χ1v) is 10.6. The molecule has 144 valence electrons. The number of anilines is 1. The second-order valence-corrected chi connectivity index (χ2v) is 8.91. The second kappa shape index (κ2) is 7.77. The van der Waals surface area contributed by atoms with Crippen molar-refractivity contribution < 1.29 is 4.79 Å². The van der Waals surface area contributed by atoms with E-state index in [2.05, 4.69) is 36.9 Å². The average Bonchev–Trinajstić information content (AvgIpc) is 3.04. The van der Waals surface area contributed by atoms with Crippen LogP contribution in [0.15, 0.2) is 52.1 Å². The van der Waals surface area contributed by atoms with E-state index in [4.69, 9.17) is 11.6 Å². The molecule has 6 nitrogen and oxygen atoms in total. The molecule has 0 aliphatic carbocycles. The van der Waals surface area contributed by atoms with E-state index in [1.54, 1.807) is 0 Å². The van der Waals surface area contributed by atoms with E-state index < -0.39 is 5.25 Å². The molecule has 9 heteroatoms. The molecular formula is C19H17BrClN5OS. The highest BCUT2D eigenvalue weighted by molar-refractivity contribution is 9.10. The highest BCUT2D eigenvalue weighted by Crippen LogP contribution is 2.37. The van der Waals surface area contributed by atoms with Gasteiger partial charge in [-0.05, 0) is 55.3 Å². The standard InChI is InChI=1S/C19H17BrClN5OS/c1-10-9-14(7-8-15(10)20)22-18(27)17-16(12-3-5-13(21)6-4-12)25-26-11(2)23-24-19(26)28-17/h3-9,16-17,25H,1-2H3,(H,22,27)/t16-,17+/m1/s1. The molecule has 0 fully saturated rings. The van der Waals surface area contributed by atoms with Crippen LogP contribution < -0.4 is 10.7 Å². The fraction of sp³-hybridized carbons (Fsp3) is 0.211. The number of nitrogens with zero attached hydrogens (tertiary/aromatic N) is 3. The number of aryl methyl sites for hydroxylation is 2. The summed E-state index contributed by atoms with van der Waals surface area (Å²) in [5.41, 5.74) is 6.15. The molecule has 2 atom stereocenters. The fourth-order valence-corrected chi connectivity index (χ4v) is 4.51. The van der Waals surface area contributed by atoms with Crippen molar-refractivity contribution in [1.29, 1.82) is 0 Å². The largest absolute Gasteiger partial charge is 0.325 e. The van der Waals surface area contributed by atoms with Gasteiger partial charge >= 0.3 is 0 Å². The lowest BCUT2D eigenvalue weighted by Gasteiger charge is -2.32. The number of halogens is 2. The molecule has 28 heavy (non-hydrogen) atoms. The monoisotopic (exact) mass is 477 g/mol. The van der Waals surface area contributed by atoms with Gasteiger partial charge in [-0.15, -0.1) is 10.2 Å². The Kier molecular flexibility index (Phi) is 5.35. The summed E-state index contributed by atoms with van der Waals surface area (Å²) >= 11 is 10.9. The first-order valence-electron chi connectivity index (χ1n) is 8.60. The van der Waals surface area contributed by atoms with E-state index in [1.807, 2.05) is 61.0 Å². The lowest BCUT2D eigenvalue weighted by molar-refractivity contribution is -0.116. The number of benzene rings is 2. The maximum Gasteiger partial charge on any atom is 0.240 e. The molecule has 2 aromatic carbocycles. The van der Waals surface area contributed by atoms with Crippen LogP contribution in [0.2, 0.25) is 5.02 Å². The Morgan fingerprint density at radius 2 is 1.96 bits per heavy atom. The molecule has 2 heterocycles. The number of nitrogens with one attached hydrogen (secondary N) is 2. The van der Waals surface area contributed by atoms with E-state index >= 15 is 0 Å². The van der Waals surface area contributed by atoms with Crippen molar-refractivity contribution in [1.82, 2.24) is 14.9 Å². The molecule has 0 bridgehead atoms.